The van der Waals surface area contributed by atoms with Crippen LogP contribution in [-0.4, -0.2) is 11.5 Å². The van der Waals surface area contributed by atoms with Crippen LogP contribution >= 0.6 is 0 Å². The Hall–Kier alpha value is -1.57. The maximum Gasteiger partial charge on any atom is 0.0401 e. The van der Waals surface area contributed by atoms with Crippen LogP contribution in [-0.2, 0) is 0 Å². The number of pyridine rings is 1. The maximum atomic E-state index is 3.97. The lowest BCUT2D eigenvalue weighted by Gasteiger charge is -2.09. The van der Waals surface area contributed by atoms with Crippen LogP contribution in [0.4, 0.5) is 0 Å². The highest BCUT2D eigenvalue weighted by atomic mass is 14.8. The Kier molecular flexibility index (Phi) is 1.90. The first kappa shape index (κ1) is 7.10. The highest BCUT2D eigenvalue weighted by Gasteiger charge is 2.00. The monoisotopic (exact) mass is 158 g/mol. The lowest BCUT2D eigenvalue weighted by Crippen LogP contribution is -2.11. The SMILES string of the molecule is C1=CNCC(c2ccncc2)=C1. The number of aromatic nitrogens is 1. The van der Waals surface area contributed by atoms with Crippen molar-refractivity contribution in [2.24, 2.45) is 0 Å². The van der Waals surface area contributed by atoms with Crippen molar-refractivity contribution in [3.63, 3.8) is 0 Å². The van der Waals surface area contributed by atoms with Crippen LogP contribution in [0.2, 0.25) is 0 Å². The van der Waals surface area contributed by atoms with Crippen LogP contribution in [0.15, 0.2) is 42.9 Å². The van der Waals surface area contributed by atoms with E-state index in [4.69, 9.17) is 0 Å². The third-order valence-electron chi connectivity index (χ3n) is 1.86. The van der Waals surface area contributed by atoms with Crippen molar-refractivity contribution in [2.75, 3.05) is 6.54 Å². The summed E-state index contributed by atoms with van der Waals surface area (Å²) >= 11 is 0. The molecule has 2 heterocycles. The van der Waals surface area contributed by atoms with E-state index in [1.807, 2.05) is 36.8 Å². The van der Waals surface area contributed by atoms with Gasteiger partial charge in [-0.25, -0.2) is 0 Å². The Balaban J connectivity index is 2.31. The molecule has 0 fully saturated rings. The summed E-state index contributed by atoms with van der Waals surface area (Å²) in [4.78, 5) is 3.97. The molecule has 0 aliphatic carbocycles. The van der Waals surface area contributed by atoms with Crippen molar-refractivity contribution in [1.29, 1.82) is 0 Å². The van der Waals surface area contributed by atoms with E-state index in [-0.39, 0.29) is 0 Å². The van der Waals surface area contributed by atoms with E-state index in [9.17, 15) is 0 Å². The van der Waals surface area contributed by atoms with Crippen molar-refractivity contribution in [2.45, 2.75) is 0 Å². The van der Waals surface area contributed by atoms with E-state index in [2.05, 4.69) is 16.4 Å². The predicted octanol–water partition coefficient (Wildman–Crippen LogP) is 1.58. The molecule has 0 saturated heterocycles. The van der Waals surface area contributed by atoms with Crippen LogP contribution < -0.4 is 5.32 Å². The zero-order valence-electron chi connectivity index (χ0n) is 6.70. The van der Waals surface area contributed by atoms with Crippen LogP contribution in [0, 0.1) is 0 Å². The minimum atomic E-state index is 0.903. The Morgan fingerprint density at radius 1 is 1.25 bits per heavy atom. The number of dihydropyridines is 1. The summed E-state index contributed by atoms with van der Waals surface area (Å²) in [7, 11) is 0. The standard InChI is InChI=1S/C10H10N2/c1-2-10(8-12-5-1)9-3-6-11-7-4-9/h1-7,12H,8H2. The number of hydrogen-bond donors (Lipinski definition) is 1. The van der Waals surface area contributed by atoms with Gasteiger partial charge in [0.05, 0.1) is 0 Å². The third kappa shape index (κ3) is 1.37. The second-order valence-corrected chi connectivity index (χ2v) is 2.67. The number of nitrogens with zero attached hydrogens (tertiary/aromatic N) is 1. The fourth-order valence-corrected chi connectivity index (χ4v) is 1.22. The van der Waals surface area contributed by atoms with Crippen molar-refractivity contribution in [1.82, 2.24) is 10.3 Å². The normalized spacial score (nSPS) is 15.2. The van der Waals surface area contributed by atoms with Gasteiger partial charge >= 0.3 is 0 Å². The molecular formula is C10H10N2. The van der Waals surface area contributed by atoms with E-state index < -0.39 is 0 Å². The van der Waals surface area contributed by atoms with Gasteiger partial charge in [0.25, 0.3) is 0 Å². The molecule has 0 amide bonds. The third-order valence-corrected chi connectivity index (χ3v) is 1.86. The molecule has 12 heavy (non-hydrogen) atoms. The molecular weight excluding hydrogens is 148 g/mol. The van der Waals surface area contributed by atoms with Gasteiger partial charge in [-0.1, -0.05) is 6.08 Å². The molecule has 2 nitrogen and oxygen atoms in total. The summed E-state index contributed by atoms with van der Waals surface area (Å²) < 4.78 is 0. The average molecular weight is 158 g/mol. The molecule has 2 heteroatoms. The van der Waals surface area contributed by atoms with E-state index in [0.29, 0.717) is 0 Å². The Morgan fingerprint density at radius 2 is 2.08 bits per heavy atom. The van der Waals surface area contributed by atoms with Gasteiger partial charge in [0, 0.05) is 18.9 Å². The second kappa shape index (κ2) is 3.22. The molecule has 1 N–H and O–H groups in total. The molecule has 0 saturated carbocycles. The van der Waals surface area contributed by atoms with Crippen molar-refractivity contribution >= 4 is 5.57 Å². The van der Waals surface area contributed by atoms with Crippen molar-refractivity contribution in [3.05, 3.63) is 48.4 Å². The molecule has 0 aromatic carbocycles. The maximum absolute atomic E-state index is 3.97. The number of hydrogen-bond acceptors (Lipinski definition) is 2. The van der Waals surface area contributed by atoms with Gasteiger partial charge in [0.15, 0.2) is 0 Å². The second-order valence-electron chi connectivity index (χ2n) is 2.67. The first-order chi connectivity index (χ1) is 5.97. The summed E-state index contributed by atoms with van der Waals surface area (Å²) in [5.74, 6) is 0. The highest BCUT2D eigenvalue weighted by molar-refractivity contribution is 5.68. The van der Waals surface area contributed by atoms with Crippen LogP contribution in [0.5, 0.6) is 0 Å². The Bertz CT molecular complexity index is 312. The zero-order valence-corrected chi connectivity index (χ0v) is 6.70. The lowest BCUT2D eigenvalue weighted by atomic mass is 10.1. The van der Waals surface area contributed by atoms with Crippen LogP contribution in [0.1, 0.15) is 5.56 Å². The van der Waals surface area contributed by atoms with Gasteiger partial charge in [-0.3, -0.25) is 4.98 Å². The molecule has 2 rings (SSSR count). The van der Waals surface area contributed by atoms with E-state index in [1.165, 1.54) is 11.1 Å². The van der Waals surface area contributed by atoms with Crippen LogP contribution in [0.25, 0.3) is 5.57 Å². The fraction of sp³-hybridized carbons (Fsp3) is 0.100. The topological polar surface area (TPSA) is 24.9 Å². The minimum Gasteiger partial charge on any atom is -0.387 e. The number of allylic oxidation sites excluding steroid dienone is 2. The van der Waals surface area contributed by atoms with Gasteiger partial charge in [0.1, 0.15) is 0 Å². The summed E-state index contributed by atoms with van der Waals surface area (Å²) in [6.07, 6.45) is 9.71. The quantitative estimate of drug-likeness (QED) is 0.671. The molecule has 0 radical (unpaired) electrons. The highest BCUT2D eigenvalue weighted by Crippen LogP contribution is 2.13. The Labute approximate surface area is 71.6 Å². The molecule has 0 bridgehead atoms. The molecule has 60 valence electrons. The molecule has 1 aliphatic rings. The van der Waals surface area contributed by atoms with E-state index >= 15 is 0 Å². The lowest BCUT2D eigenvalue weighted by molar-refractivity contribution is 0.985. The van der Waals surface area contributed by atoms with E-state index in [0.717, 1.165) is 6.54 Å². The average Bonchev–Trinajstić information content (AvgIpc) is 2.21. The summed E-state index contributed by atoms with van der Waals surface area (Å²) in [5.41, 5.74) is 2.54. The molecule has 0 atom stereocenters. The van der Waals surface area contributed by atoms with Gasteiger partial charge in [-0.05, 0) is 35.5 Å². The van der Waals surface area contributed by atoms with Crippen molar-refractivity contribution < 1.29 is 0 Å². The number of rotatable bonds is 1. The first-order valence-electron chi connectivity index (χ1n) is 3.96. The Morgan fingerprint density at radius 3 is 2.75 bits per heavy atom. The van der Waals surface area contributed by atoms with E-state index in [1.54, 1.807) is 0 Å². The summed E-state index contributed by atoms with van der Waals surface area (Å²) in [6, 6.07) is 4.04. The number of nitrogens with one attached hydrogen (secondary N) is 1. The van der Waals surface area contributed by atoms with Gasteiger partial charge in [0.2, 0.25) is 0 Å². The molecule has 1 aromatic heterocycles. The van der Waals surface area contributed by atoms with Gasteiger partial charge in [-0.15, -0.1) is 0 Å². The zero-order chi connectivity index (χ0) is 8.23. The molecule has 1 aliphatic heterocycles. The smallest absolute Gasteiger partial charge is 0.0401 e. The molecule has 1 aromatic rings. The van der Waals surface area contributed by atoms with Gasteiger partial charge in [-0.2, -0.15) is 0 Å². The van der Waals surface area contributed by atoms with Gasteiger partial charge < -0.3 is 5.32 Å². The summed E-state index contributed by atoms with van der Waals surface area (Å²) in [6.45, 7) is 0.903. The largest absolute Gasteiger partial charge is 0.387 e. The van der Waals surface area contributed by atoms with Crippen LogP contribution in [0.3, 0.4) is 0 Å². The fourth-order valence-electron chi connectivity index (χ4n) is 1.22. The molecule has 0 unspecified atom stereocenters. The predicted molar refractivity (Wildman–Crippen MR) is 49.4 cm³/mol. The first-order valence-corrected chi connectivity index (χ1v) is 3.96. The minimum absolute atomic E-state index is 0.903. The molecule has 0 spiro atoms. The van der Waals surface area contributed by atoms with Crippen molar-refractivity contribution in [3.8, 4) is 0 Å². The summed E-state index contributed by atoms with van der Waals surface area (Å²) in [5, 5.41) is 3.16.